The van der Waals surface area contributed by atoms with E-state index in [-0.39, 0.29) is 41.8 Å². The molecule has 2 N–H and O–H groups in total. The van der Waals surface area contributed by atoms with Crippen LogP contribution in [0.4, 0.5) is 10.2 Å². The van der Waals surface area contributed by atoms with Crippen LogP contribution in [-0.4, -0.2) is 54.7 Å². The molecule has 1 fully saturated rings. The van der Waals surface area contributed by atoms with Crippen LogP contribution < -0.4 is 15.5 Å². The summed E-state index contributed by atoms with van der Waals surface area (Å²) in [5.74, 6) is 0.806. The number of nitrogens with one attached hydrogen (secondary N) is 2. The van der Waals surface area contributed by atoms with E-state index in [2.05, 4.69) is 20.6 Å². The molecule has 32 heavy (non-hydrogen) atoms. The second-order valence-electron chi connectivity index (χ2n) is 8.90. The first-order valence-corrected chi connectivity index (χ1v) is 11.4. The van der Waals surface area contributed by atoms with Gasteiger partial charge in [0.15, 0.2) is 17.6 Å². The van der Waals surface area contributed by atoms with E-state index >= 15 is 0 Å². The number of carbonyl (C=O) groups excluding carboxylic acids is 1. The highest BCUT2D eigenvalue weighted by Crippen LogP contribution is 2.20. The topological polar surface area (TPSA) is 78.8 Å². The van der Waals surface area contributed by atoms with Crippen molar-refractivity contribution in [2.75, 3.05) is 31.1 Å². The number of hydrogen-bond donors (Lipinski definition) is 2. The van der Waals surface area contributed by atoms with Gasteiger partial charge in [-0.25, -0.2) is 9.37 Å². The van der Waals surface area contributed by atoms with Crippen molar-refractivity contribution in [2.24, 2.45) is 4.99 Å². The molecule has 1 unspecified atom stereocenters. The van der Waals surface area contributed by atoms with E-state index in [4.69, 9.17) is 4.74 Å². The smallest absolute Gasteiger partial charge is 0.306 e. The molecule has 0 saturated carbocycles. The Labute approximate surface area is 209 Å². The standard InChI is InChI=1S/C23H38FN5O2.HI/c1-5-25-22(27-14-9-7-6-8-12-20(30)31-23(2,3)4)28-18-13-16-29(17-18)21-19(24)11-10-15-26-21;/h10-11,15,18H,5-9,12-14,16-17H2,1-4H3,(H2,25,27,28);1H. The molecule has 1 saturated heterocycles. The van der Waals surface area contributed by atoms with Gasteiger partial charge in [-0.1, -0.05) is 12.8 Å². The Morgan fingerprint density at radius 1 is 1.31 bits per heavy atom. The molecule has 0 aromatic carbocycles. The Morgan fingerprint density at radius 2 is 2.06 bits per heavy atom. The van der Waals surface area contributed by atoms with Crippen LogP contribution >= 0.6 is 24.0 Å². The van der Waals surface area contributed by atoms with E-state index in [1.54, 1.807) is 12.3 Å². The average Bonchev–Trinajstić information content (AvgIpc) is 3.14. The lowest BCUT2D eigenvalue weighted by Crippen LogP contribution is -2.44. The fraction of sp³-hybridized carbons (Fsp3) is 0.696. The van der Waals surface area contributed by atoms with E-state index in [9.17, 15) is 9.18 Å². The van der Waals surface area contributed by atoms with Crippen molar-refractivity contribution in [1.82, 2.24) is 15.6 Å². The lowest BCUT2D eigenvalue weighted by molar-refractivity contribution is -0.154. The van der Waals surface area contributed by atoms with Crippen molar-refractivity contribution >= 4 is 41.7 Å². The van der Waals surface area contributed by atoms with E-state index < -0.39 is 5.60 Å². The van der Waals surface area contributed by atoms with E-state index in [1.165, 1.54) is 6.07 Å². The van der Waals surface area contributed by atoms with E-state index in [0.717, 1.165) is 57.7 Å². The Morgan fingerprint density at radius 3 is 2.75 bits per heavy atom. The highest BCUT2D eigenvalue weighted by molar-refractivity contribution is 14.0. The first kappa shape index (κ1) is 28.4. The minimum atomic E-state index is -0.413. The molecule has 1 aliphatic heterocycles. The van der Waals surface area contributed by atoms with Gasteiger partial charge in [0.25, 0.3) is 0 Å². The molecule has 2 heterocycles. The summed E-state index contributed by atoms with van der Waals surface area (Å²) >= 11 is 0. The van der Waals surface area contributed by atoms with Crippen LogP contribution in [-0.2, 0) is 9.53 Å². The summed E-state index contributed by atoms with van der Waals surface area (Å²) in [6.07, 6.45) is 6.84. The summed E-state index contributed by atoms with van der Waals surface area (Å²) in [6, 6.07) is 3.26. The Bertz CT molecular complexity index is 727. The summed E-state index contributed by atoms with van der Waals surface area (Å²) < 4.78 is 19.3. The lowest BCUT2D eigenvalue weighted by Gasteiger charge is -2.20. The molecule has 2 rings (SSSR count). The normalized spacial score (nSPS) is 16.5. The van der Waals surface area contributed by atoms with Gasteiger partial charge >= 0.3 is 5.97 Å². The van der Waals surface area contributed by atoms with Crippen LogP contribution in [0.2, 0.25) is 0 Å². The molecule has 7 nitrogen and oxygen atoms in total. The highest BCUT2D eigenvalue weighted by Gasteiger charge is 2.25. The maximum absolute atomic E-state index is 14.0. The van der Waals surface area contributed by atoms with Gasteiger partial charge in [-0.15, -0.1) is 24.0 Å². The number of nitrogens with zero attached hydrogens (tertiary/aromatic N) is 3. The van der Waals surface area contributed by atoms with Crippen molar-refractivity contribution in [3.05, 3.63) is 24.1 Å². The number of carbonyl (C=O) groups is 1. The summed E-state index contributed by atoms with van der Waals surface area (Å²) in [5.41, 5.74) is -0.413. The first-order valence-electron chi connectivity index (χ1n) is 11.4. The number of rotatable bonds is 10. The lowest BCUT2D eigenvalue weighted by atomic mass is 10.1. The third kappa shape index (κ3) is 10.8. The Hall–Kier alpha value is -1.65. The van der Waals surface area contributed by atoms with Crippen LogP contribution in [0.5, 0.6) is 0 Å². The maximum Gasteiger partial charge on any atom is 0.306 e. The van der Waals surface area contributed by atoms with Crippen molar-refractivity contribution in [3.63, 3.8) is 0 Å². The van der Waals surface area contributed by atoms with Crippen LogP contribution in [0.25, 0.3) is 0 Å². The van der Waals surface area contributed by atoms with Gasteiger partial charge in [-0.05, 0) is 59.1 Å². The van der Waals surface area contributed by atoms with Crippen molar-refractivity contribution < 1.29 is 13.9 Å². The van der Waals surface area contributed by atoms with Gasteiger partial charge in [0, 0.05) is 44.8 Å². The number of hydrogen-bond acceptors (Lipinski definition) is 5. The number of unbranched alkanes of at least 4 members (excludes halogenated alkanes) is 3. The zero-order valence-corrected chi connectivity index (χ0v) is 22.2. The van der Waals surface area contributed by atoms with Gasteiger partial charge in [0.05, 0.1) is 0 Å². The molecular weight excluding hydrogens is 524 g/mol. The van der Waals surface area contributed by atoms with Crippen LogP contribution in [0.15, 0.2) is 23.3 Å². The van der Waals surface area contributed by atoms with Gasteiger partial charge < -0.3 is 20.3 Å². The molecule has 0 amide bonds. The summed E-state index contributed by atoms with van der Waals surface area (Å²) in [7, 11) is 0. The van der Waals surface area contributed by atoms with Crippen molar-refractivity contribution in [1.29, 1.82) is 0 Å². The highest BCUT2D eigenvalue weighted by atomic mass is 127. The fourth-order valence-electron chi connectivity index (χ4n) is 3.51. The van der Waals surface area contributed by atoms with Crippen LogP contribution in [0.1, 0.15) is 66.2 Å². The minimum absolute atomic E-state index is 0. The van der Waals surface area contributed by atoms with Gasteiger partial charge in [0.1, 0.15) is 5.60 Å². The molecular formula is C23H39FIN5O2. The second-order valence-corrected chi connectivity index (χ2v) is 8.90. The number of aromatic nitrogens is 1. The largest absolute Gasteiger partial charge is 0.460 e. The van der Waals surface area contributed by atoms with Crippen molar-refractivity contribution in [3.8, 4) is 0 Å². The molecule has 0 aliphatic carbocycles. The number of anilines is 1. The minimum Gasteiger partial charge on any atom is -0.460 e. The fourth-order valence-corrected chi connectivity index (χ4v) is 3.51. The number of pyridine rings is 1. The average molecular weight is 564 g/mol. The molecule has 9 heteroatoms. The first-order chi connectivity index (χ1) is 14.8. The molecule has 0 bridgehead atoms. The quantitative estimate of drug-likeness (QED) is 0.146. The number of guanidine groups is 1. The van der Waals surface area contributed by atoms with Crippen LogP contribution in [0.3, 0.4) is 0 Å². The zero-order valence-electron chi connectivity index (χ0n) is 19.8. The molecule has 1 aromatic heterocycles. The van der Waals surface area contributed by atoms with E-state index in [0.29, 0.717) is 18.8 Å². The van der Waals surface area contributed by atoms with Crippen LogP contribution in [0, 0.1) is 5.82 Å². The molecule has 1 aromatic rings. The molecule has 1 atom stereocenters. The Kier molecular flexibility index (Phi) is 12.9. The molecule has 182 valence electrons. The third-order valence-corrected chi connectivity index (χ3v) is 4.89. The summed E-state index contributed by atoms with van der Waals surface area (Å²) in [6.45, 7) is 10.7. The summed E-state index contributed by atoms with van der Waals surface area (Å²) in [5, 5.41) is 6.74. The van der Waals surface area contributed by atoms with Gasteiger partial charge in [-0.3, -0.25) is 9.79 Å². The Balaban J connectivity index is 0.00000512. The van der Waals surface area contributed by atoms with E-state index in [1.807, 2.05) is 32.6 Å². The SMILES string of the molecule is CCNC(=NCCCCCCC(=O)OC(C)(C)C)NC1CCN(c2ncccc2F)C1.I. The molecule has 1 aliphatic rings. The number of aliphatic imine (C=N–C) groups is 1. The third-order valence-electron chi connectivity index (χ3n) is 4.89. The number of halogens is 2. The maximum atomic E-state index is 14.0. The zero-order chi connectivity index (χ0) is 22.7. The second kappa shape index (κ2) is 14.5. The predicted octanol–water partition coefficient (Wildman–Crippen LogP) is 4.26. The monoisotopic (exact) mass is 563 g/mol. The van der Waals surface area contributed by atoms with Gasteiger partial charge in [-0.2, -0.15) is 0 Å². The van der Waals surface area contributed by atoms with Crippen molar-refractivity contribution in [2.45, 2.75) is 77.9 Å². The molecule has 0 spiro atoms. The molecule has 0 radical (unpaired) electrons. The summed E-state index contributed by atoms with van der Waals surface area (Å²) in [4.78, 5) is 22.5. The number of ether oxygens (including phenoxy) is 1. The van der Waals surface area contributed by atoms with Gasteiger partial charge in [0.2, 0.25) is 0 Å². The predicted molar refractivity (Wildman–Crippen MR) is 138 cm³/mol. The number of esters is 1.